The molecule has 6 nitrogen and oxygen atoms in total. The molecule has 0 unspecified atom stereocenters. The number of thiazole rings is 1. The SMILES string of the molecule is C/C(N)=C/C=C(\N)CNC(=O)c1cc(O)cc(-c2ncc(Cl)s2)c1. The molecule has 126 valence electrons. The monoisotopic (exact) mass is 364 g/mol. The third-order valence-electron chi connectivity index (χ3n) is 2.92. The first-order valence-electron chi connectivity index (χ1n) is 6.97. The number of rotatable bonds is 5. The van der Waals surface area contributed by atoms with Crippen molar-refractivity contribution in [2.45, 2.75) is 6.92 Å². The Hall–Kier alpha value is -2.51. The Morgan fingerprint density at radius 1 is 1.38 bits per heavy atom. The minimum atomic E-state index is -0.361. The average molecular weight is 365 g/mol. The lowest BCUT2D eigenvalue weighted by Crippen LogP contribution is -2.27. The topological polar surface area (TPSA) is 114 Å². The van der Waals surface area contributed by atoms with Crippen LogP contribution in [0.3, 0.4) is 0 Å². The lowest BCUT2D eigenvalue weighted by atomic mass is 10.1. The predicted molar refractivity (Wildman–Crippen MR) is 96.8 cm³/mol. The molecule has 0 aliphatic rings. The minimum Gasteiger partial charge on any atom is -0.508 e. The molecule has 2 rings (SSSR count). The van der Waals surface area contributed by atoms with E-state index >= 15 is 0 Å². The van der Waals surface area contributed by atoms with Gasteiger partial charge in [-0.25, -0.2) is 4.98 Å². The van der Waals surface area contributed by atoms with Crippen molar-refractivity contribution in [3.05, 3.63) is 57.8 Å². The van der Waals surface area contributed by atoms with E-state index in [4.69, 9.17) is 23.1 Å². The number of nitrogens with two attached hydrogens (primary N) is 2. The molecule has 0 spiro atoms. The average Bonchev–Trinajstić information content (AvgIpc) is 2.96. The second-order valence-electron chi connectivity index (χ2n) is 5.07. The fraction of sp³-hybridized carbons (Fsp3) is 0.125. The van der Waals surface area contributed by atoms with Crippen LogP contribution in [-0.2, 0) is 0 Å². The van der Waals surface area contributed by atoms with Crippen LogP contribution in [0.5, 0.6) is 5.75 Å². The number of benzene rings is 1. The summed E-state index contributed by atoms with van der Waals surface area (Å²) in [6, 6.07) is 4.53. The van der Waals surface area contributed by atoms with E-state index in [1.165, 1.54) is 29.7 Å². The predicted octanol–water partition coefficient (Wildman–Crippen LogP) is 2.60. The van der Waals surface area contributed by atoms with Crippen LogP contribution in [0.15, 0.2) is 47.9 Å². The first-order chi connectivity index (χ1) is 11.3. The molecule has 1 amide bonds. The van der Waals surface area contributed by atoms with Crippen molar-refractivity contribution in [3.63, 3.8) is 0 Å². The first kappa shape index (κ1) is 17.8. The molecular formula is C16H17ClN4O2S. The number of aromatic hydroxyl groups is 1. The first-order valence-corrected chi connectivity index (χ1v) is 8.17. The van der Waals surface area contributed by atoms with Gasteiger partial charge >= 0.3 is 0 Å². The largest absolute Gasteiger partial charge is 0.508 e. The molecule has 0 saturated heterocycles. The van der Waals surface area contributed by atoms with Gasteiger partial charge in [0.2, 0.25) is 0 Å². The fourth-order valence-corrected chi connectivity index (χ4v) is 2.73. The van der Waals surface area contributed by atoms with Gasteiger partial charge < -0.3 is 21.9 Å². The molecule has 0 fully saturated rings. The van der Waals surface area contributed by atoms with E-state index in [2.05, 4.69) is 10.3 Å². The van der Waals surface area contributed by atoms with E-state index in [0.717, 1.165) is 0 Å². The number of nitrogens with zero attached hydrogens (tertiary/aromatic N) is 1. The van der Waals surface area contributed by atoms with Crippen LogP contribution in [0, 0.1) is 0 Å². The van der Waals surface area contributed by atoms with Gasteiger partial charge in [-0.3, -0.25) is 4.79 Å². The standard InChI is InChI=1S/C16H17ClN4O2S/c1-9(18)2-3-12(19)7-20-15(23)10-4-11(6-13(22)5-10)16-21-8-14(17)24-16/h2-6,8,22H,7,18-19H2,1H3,(H,20,23)/b9-2-,12-3-. The molecule has 0 aliphatic carbocycles. The maximum absolute atomic E-state index is 12.2. The number of nitrogens with one attached hydrogen (secondary N) is 1. The quantitative estimate of drug-likeness (QED) is 0.609. The number of aromatic nitrogens is 1. The van der Waals surface area contributed by atoms with E-state index in [9.17, 15) is 9.90 Å². The molecular weight excluding hydrogens is 348 g/mol. The summed E-state index contributed by atoms with van der Waals surface area (Å²) in [6.45, 7) is 1.90. The van der Waals surface area contributed by atoms with Crippen molar-refractivity contribution >= 4 is 28.8 Å². The molecule has 0 atom stereocenters. The molecule has 6 N–H and O–H groups in total. The van der Waals surface area contributed by atoms with Gasteiger partial charge in [0.05, 0.1) is 12.7 Å². The van der Waals surface area contributed by atoms with E-state index in [1.807, 2.05) is 0 Å². The van der Waals surface area contributed by atoms with Gasteiger partial charge in [0.15, 0.2) is 0 Å². The van der Waals surface area contributed by atoms with Crippen molar-refractivity contribution in [2.75, 3.05) is 6.54 Å². The zero-order chi connectivity index (χ0) is 17.7. The van der Waals surface area contributed by atoms with Crippen molar-refractivity contribution in [1.82, 2.24) is 10.3 Å². The van der Waals surface area contributed by atoms with E-state index in [-0.39, 0.29) is 18.2 Å². The zero-order valence-corrected chi connectivity index (χ0v) is 14.5. The van der Waals surface area contributed by atoms with Crippen LogP contribution in [0.1, 0.15) is 17.3 Å². The number of carbonyl (C=O) groups is 1. The zero-order valence-electron chi connectivity index (χ0n) is 12.9. The smallest absolute Gasteiger partial charge is 0.251 e. The molecule has 0 aliphatic heterocycles. The highest BCUT2D eigenvalue weighted by atomic mass is 35.5. The van der Waals surface area contributed by atoms with Crippen molar-refractivity contribution in [2.24, 2.45) is 11.5 Å². The number of phenols is 1. The minimum absolute atomic E-state index is 0.0332. The Morgan fingerprint density at radius 3 is 2.75 bits per heavy atom. The van der Waals surface area contributed by atoms with Gasteiger partial charge in [-0.2, -0.15) is 0 Å². The second-order valence-corrected chi connectivity index (χ2v) is 6.73. The molecule has 8 heteroatoms. The van der Waals surface area contributed by atoms with Gasteiger partial charge in [-0.1, -0.05) is 11.6 Å². The van der Waals surface area contributed by atoms with Crippen molar-refractivity contribution in [3.8, 4) is 16.3 Å². The fourth-order valence-electron chi connectivity index (χ4n) is 1.84. The van der Waals surface area contributed by atoms with Crippen LogP contribution in [0.2, 0.25) is 4.34 Å². The van der Waals surface area contributed by atoms with Crippen LogP contribution in [-0.4, -0.2) is 22.5 Å². The molecule has 0 saturated carbocycles. The maximum atomic E-state index is 12.2. The molecule has 1 aromatic heterocycles. The van der Waals surface area contributed by atoms with Crippen LogP contribution >= 0.6 is 22.9 Å². The van der Waals surface area contributed by atoms with Gasteiger partial charge in [-0.15, -0.1) is 11.3 Å². The summed E-state index contributed by atoms with van der Waals surface area (Å²) in [5, 5.41) is 13.1. The van der Waals surface area contributed by atoms with Crippen LogP contribution < -0.4 is 16.8 Å². The Kier molecular flexibility index (Phi) is 5.83. The maximum Gasteiger partial charge on any atom is 0.251 e. The van der Waals surface area contributed by atoms with Gasteiger partial charge in [-0.05, 0) is 37.3 Å². The summed E-state index contributed by atoms with van der Waals surface area (Å²) in [4.78, 5) is 16.4. The number of amides is 1. The van der Waals surface area contributed by atoms with Crippen molar-refractivity contribution < 1.29 is 9.90 Å². The van der Waals surface area contributed by atoms with Crippen molar-refractivity contribution in [1.29, 1.82) is 0 Å². The number of halogens is 1. The van der Waals surface area contributed by atoms with E-state index in [1.54, 1.807) is 25.1 Å². The van der Waals surface area contributed by atoms with Crippen LogP contribution in [0.4, 0.5) is 0 Å². The second kappa shape index (κ2) is 7.85. The van der Waals surface area contributed by atoms with Crippen LogP contribution in [0.25, 0.3) is 10.6 Å². The highest BCUT2D eigenvalue weighted by Crippen LogP contribution is 2.31. The summed E-state index contributed by atoms with van der Waals surface area (Å²) in [6.07, 6.45) is 4.80. The molecule has 0 bridgehead atoms. The number of hydrogen-bond acceptors (Lipinski definition) is 6. The van der Waals surface area contributed by atoms with E-state index in [0.29, 0.717) is 31.9 Å². The highest BCUT2D eigenvalue weighted by Gasteiger charge is 2.11. The Bertz CT molecular complexity index is 810. The molecule has 2 aromatic rings. The highest BCUT2D eigenvalue weighted by molar-refractivity contribution is 7.18. The van der Waals surface area contributed by atoms with Gasteiger partial charge in [0, 0.05) is 22.5 Å². The normalized spacial score (nSPS) is 12.2. The molecule has 24 heavy (non-hydrogen) atoms. The summed E-state index contributed by atoms with van der Waals surface area (Å²) in [5.74, 6) is -0.395. The summed E-state index contributed by atoms with van der Waals surface area (Å²) >= 11 is 7.13. The van der Waals surface area contributed by atoms with Gasteiger partial charge in [0.1, 0.15) is 15.1 Å². The lowest BCUT2D eigenvalue weighted by molar-refractivity contribution is 0.0956. The molecule has 0 radical (unpaired) electrons. The third-order valence-corrected chi connectivity index (χ3v) is 4.08. The molecule has 1 heterocycles. The Morgan fingerprint density at radius 2 is 2.12 bits per heavy atom. The lowest BCUT2D eigenvalue weighted by Gasteiger charge is -2.07. The number of allylic oxidation sites excluding steroid dienone is 3. The summed E-state index contributed by atoms with van der Waals surface area (Å²) < 4.78 is 0.528. The summed E-state index contributed by atoms with van der Waals surface area (Å²) in [7, 11) is 0. The number of hydrogen-bond donors (Lipinski definition) is 4. The summed E-state index contributed by atoms with van der Waals surface area (Å²) in [5.41, 5.74) is 13.3. The molecule has 1 aromatic carbocycles. The Labute approximate surface area is 148 Å². The van der Waals surface area contributed by atoms with E-state index < -0.39 is 0 Å². The number of phenolic OH excluding ortho intramolecular Hbond substituents is 1. The third kappa shape index (κ3) is 5.00. The van der Waals surface area contributed by atoms with Gasteiger partial charge in [0.25, 0.3) is 5.91 Å². The Balaban J connectivity index is 2.14. The number of carbonyl (C=O) groups excluding carboxylic acids is 1.